The molecule has 3 aliphatic rings. The molecule has 3 heterocycles. The number of hydrogen-bond donors (Lipinski definition) is 1. The molecule has 1 N–H and O–H groups in total. The number of fused-ring (bicyclic) bond motifs is 3. The van der Waals surface area contributed by atoms with Gasteiger partial charge in [-0.1, -0.05) is 24.3 Å². The van der Waals surface area contributed by atoms with Crippen molar-refractivity contribution in [1.82, 2.24) is 25.0 Å². The number of amides is 3. The molecule has 3 aliphatic heterocycles. The van der Waals surface area contributed by atoms with E-state index in [1.54, 1.807) is 30.2 Å². The second-order valence-electron chi connectivity index (χ2n) is 7.57. The molecule has 1 aromatic carbocycles. The van der Waals surface area contributed by atoms with E-state index in [0.717, 1.165) is 11.3 Å². The van der Waals surface area contributed by atoms with Gasteiger partial charge >= 0.3 is 6.03 Å². The Kier molecular flexibility index (Phi) is 5.10. The molecule has 3 amide bonds. The van der Waals surface area contributed by atoms with E-state index in [4.69, 9.17) is 0 Å². The predicted octanol–water partition coefficient (Wildman–Crippen LogP) is 1.37. The van der Waals surface area contributed by atoms with Crippen LogP contribution >= 0.6 is 0 Å². The minimum Gasteiger partial charge on any atom is -0.310 e. The lowest BCUT2D eigenvalue weighted by Crippen LogP contribution is -2.66. The van der Waals surface area contributed by atoms with Crippen LogP contribution in [0, 0.1) is 5.82 Å². The molecule has 0 saturated carbocycles. The Bertz CT molecular complexity index is 870. The molecule has 9 heteroatoms. The average molecular weight is 400 g/mol. The molecule has 29 heavy (non-hydrogen) atoms. The van der Waals surface area contributed by atoms with Crippen molar-refractivity contribution in [2.45, 2.75) is 38.9 Å². The fourth-order valence-corrected chi connectivity index (χ4v) is 4.13. The standard InChI is InChI=1S/C20H25FN6O2/c1-4-5-10-25-18(28)16-17(24(3)20(25)29)22-19-26(16)11-13(2)23-27(19)12-14-6-8-15(21)9-7-14/h4-9,16-17,19,22H,10-12H2,1-3H3/b5-4+. The van der Waals surface area contributed by atoms with Gasteiger partial charge in [0.15, 0.2) is 6.29 Å². The van der Waals surface area contributed by atoms with Crippen LogP contribution in [0.2, 0.25) is 0 Å². The topological polar surface area (TPSA) is 71.5 Å². The van der Waals surface area contributed by atoms with Crippen LogP contribution in [0.5, 0.6) is 0 Å². The number of likely N-dealkylation sites (N-methyl/N-ethyl adjacent to an activating group) is 1. The lowest BCUT2D eigenvalue weighted by Gasteiger charge is -2.42. The lowest BCUT2D eigenvalue weighted by molar-refractivity contribution is -0.138. The molecule has 4 rings (SSSR count). The van der Waals surface area contributed by atoms with Gasteiger partial charge in [-0.15, -0.1) is 0 Å². The molecule has 154 valence electrons. The van der Waals surface area contributed by atoms with Crippen LogP contribution in [0.25, 0.3) is 0 Å². The van der Waals surface area contributed by atoms with Gasteiger partial charge in [0.2, 0.25) is 0 Å². The zero-order chi connectivity index (χ0) is 20.7. The van der Waals surface area contributed by atoms with Crippen LogP contribution < -0.4 is 5.32 Å². The van der Waals surface area contributed by atoms with Crippen molar-refractivity contribution in [1.29, 1.82) is 0 Å². The van der Waals surface area contributed by atoms with Crippen LogP contribution in [0.4, 0.5) is 9.18 Å². The number of carbonyl (C=O) groups excluding carboxylic acids is 2. The zero-order valence-corrected chi connectivity index (χ0v) is 16.7. The molecular weight excluding hydrogens is 375 g/mol. The SMILES string of the molecule is C/C=C/CN1C(=O)C2C(NC3N(Cc4ccc(F)cc4)N=C(C)CN23)N(C)C1=O. The molecule has 3 atom stereocenters. The van der Waals surface area contributed by atoms with Gasteiger partial charge in [-0.25, -0.2) is 14.1 Å². The summed E-state index contributed by atoms with van der Waals surface area (Å²) in [5.41, 5.74) is 1.78. The minimum absolute atomic E-state index is 0.206. The van der Waals surface area contributed by atoms with Crippen LogP contribution in [0.15, 0.2) is 41.5 Å². The number of rotatable bonds is 4. The summed E-state index contributed by atoms with van der Waals surface area (Å²) in [5, 5.41) is 9.90. The number of hydrogen-bond acceptors (Lipinski definition) is 6. The molecule has 0 spiro atoms. The molecule has 0 aliphatic carbocycles. The summed E-state index contributed by atoms with van der Waals surface area (Å²) in [7, 11) is 1.71. The Labute approximate surface area is 169 Å². The van der Waals surface area contributed by atoms with E-state index >= 15 is 0 Å². The van der Waals surface area contributed by atoms with Gasteiger partial charge in [0.05, 0.1) is 6.54 Å². The van der Waals surface area contributed by atoms with Crippen LogP contribution in [-0.4, -0.2) is 76.0 Å². The Balaban J connectivity index is 1.61. The van der Waals surface area contributed by atoms with Gasteiger partial charge in [0, 0.05) is 25.8 Å². The van der Waals surface area contributed by atoms with Gasteiger partial charge < -0.3 is 4.90 Å². The van der Waals surface area contributed by atoms with E-state index in [2.05, 4.69) is 10.4 Å². The third-order valence-corrected chi connectivity index (χ3v) is 5.53. The quantitative estimate of drug-likeness (QED) is 0.773. The van der Waals surface area contributed by atoms with Gasteiger partial charge in [0.25, 0.3) is 5.91 Å². The fourth-order valence-electron chi connectivity index (χ4n) is 4.13. The van der Waals surface area contributed by atoms with E-state index in [-0.39, 0.29) is 30.6 Å². The number of urea groups is 1. The average Bonchev–Trinajstić information content (AvgIpc) is 3.08. The Morgan fingerprint density at radius 1 is 1.28 bits per heavy atom. The van der Waals surface area contributed by atoms with E-state index in [1.807, 2.05) is 29.8 Å². The van der Waals surface area contributed by atoms with Gasteiger partial charge in [-0.3, -0.25) is 20.0 Å². The van der Waals surface area contributed by atoms with Crippen molar-refractivity contribution in [3.05, 3.63) is 47.8 Å². The number of allylic oxidation sites excluding steroid dienone is 1. The first-order chi connectivity index (χ1) is 13.9. The summed E-state index contributed by atoms with van der Waals surface area (Å²) in [6, 6.07) is 5.48. The molecule has 2 fully saturated rings. The number of halogens is 1. The first-order valence-corrected chi connectivity index (χ1v) is 9.67. The molecule has 8 nitrogen and oxygen atoms in total. The first kappa shape index (κ1) is 19.5. The number of benzene rings is 1. The van der Waals surface area contributed by atoms with E-state index in [1.165, 1.54) is 17.0 Å². The summed E-state index contributed by atoms with van der Waals surface area (Å²) < 4.78 is 13.2. The molecule has 0 aromatic heterocycles. The minimum atomic E-state index is -0.492. The molecule has 3 unspecified atom stereocenters. The third kappa shape index (κ3) is 3.40. The smallest absolute Gasteiger partial charge is 0.310 e. The highest BCUT2D eigenvalue weighted by atomic mass is 19.1. The Morgan fingerprint density at radius 3 is 2.69 bits per heavy atom. The molecule has 0 radical (unpaired) electrons. The number of nitrogens with zero attached hydrogens (tertiary/aromatic N) is 5. The molecule has 0 bridgehead atoms. The summed E-state index contributed by atoms with van der Waals surface area (Å²) in [4.78, 5) is 30.8. The highest BCUT2D eigenvalue weighted by Crippen LogP contribution is 2.30. The number of nitrogens with one attached hydrogen (secondary N) is 1. The van der Waals surface area contributed by atoms with Crippen molar-refractivity contribution in [2.75, 3.05) is 20.1 Å². The van der Waals surface area contributed by atoms with Crippen molar-refractivity contribution in [3.8, 4) is 0 Å². The lowest BCUT2D eigenvalue weighted by atomic mass is 10.1. The van der Waals surface area contributed by atoms with Gasteiger partial charge in [0.1, 0.15) is 18.0 Å². The maximum absolute atomic E-state index is 13.2. The molecular formula is C20H25FN6O2. The third-order valence-electron chi connectivity index (χ3n) is 5.53. The summed E-state index contributed by atoms with van der Waals surface area (Å²) in [6.45, 7) is 5.02. The summed E-state index contributed by atoms with van der Waals surface area (Å²) >= 11 is 0. The first-order valence-electron chi connectivity index (χ1n) is 9.67. The maximum atomic E-state index is 13.2. The van der Waals surface area contributed by atoms with Crippen LogP contribution in [-0.2, 0) is 11.3 Å². The second kappa shape index (κ2) is 7.57. The van der Waals surface area contributed by atoms with Gasteiger partial charge in [-0.2, -0.15) is 5.10 Å². The van der Waals surface area contributed by atoms with Crippen LogP contribution in [0.3, 0.4) is 0 Å². The van der Waals surface area contributed by atoms with Crippen molar-refractivity contribution in [2.24, 2.45) is 5.10 Å². The Hall–Kier alpha value is -2.78. The molecule has 2 saturated heterocycles. The fraction of sp³-hybridized carbons (Fsp3) is 0.450. The summed E-state index contributed by atoms with van der Waals surface area (Å²) in [6.07, 6.45) is 2.86. The number of imide groups is 1. The largest absolute Gasteiger partial charge is 0.328 e. The van der Waals surface area contributed by atoms with Crippen molar-refractivity contribution in [3.63, 3.8) is 0 Å². The van der Waals surface area contributed by atoms with Crippen LogP contribution in [0.1, 0.15) is 19.4 Å². The normalized spacial score (nSPS) is 27.5. The van der Waals surface area contributed by atoms with Gasteiger partial charge in [-0.05, 0) is 31.5 Å². The number of hydrazone groups is 1. The maximum Gasteiger partial charge on any atom is 0.328 e. The predicted molar refractivity (Wildman–Crippen MR) is 106 cm³/mol. The zero-order valence-electron chi connectivity index (χ0n) is 16.7. The molecule has 1 aromatic rings. The Morgan fingerprint density at radius 2 is 2.00 bits per heavy atom. The van der Waals surface area contributed by atoms with E-state index in [9.17, 15) is 14.0 Å². The highest BCUT2D eigenvalue weighted by Gasteiger charge is 2.56. The van der Waals surface area contributed by atoms with E-state index in [0.29, 0.717) is 13.1 Å². The highest BCUT2D eigenvalue weighted by molar-refractivity contribution is 6.01. The second-order valence-corrected chi connectivity index (χ2v) is 7.57. The summed E-state index contributed by atoms with van der Waals surface area (Å²) in [5.74, 6) is -0.492. The van der Waals surface area contributed by atoms with Crippen molar-refractivity contribution >= 4 is 17.6 Å². The van der Waals surface area contributed by atoms with E-state index < -0.39 is 12.2 Å². The van der Waals surface area contributed by atoms with Crippen molar-refractivity contribution < 1.29 is 14.0 Å². The number of carbonyl (C=O) groups is 2. The monoisotopic (exact) mass is 400 g/mol.